The van der Waals surface area contributed by atoms with E-state index in [0.29, 0.717) is 5.54 Å². The van der Waals surface area contributed by atoms with Crippen molar-refractivity contribution in [2.75, 3.05) is 19.6 Å². The van der Waals surface area contributed by atoms with Gasteiger partial charge in [-0.05, 0) is 63.5 Å². The first-order valence-corrected chi connectivity index (χ1v) is 8.63. The third kappa shape index (κ3) is 3.72. The van der Waals surface area contributed by atoms with Crippen molar-refractivity contribution in [3.63, 3.8) is 0 Å². The van der Waals surface area contributed by atoms with E-state index in [9.17, 15) is 0 Å². The summed E-state index contributed by atoms with van der Waals surface area (Å²) in [6.07, 6.45) is 12.5. The summed E-state index contributed by atoms with van der Waals surface area (Å²) in [5.41, 5.74) is 6.59. The summed E-state index contributed by atoms with van der Waals surface area (Å²) in [7, 11) is 0. The average Bonchev–Trinajstić information content (AvgIpc) is 2.38. The van der Waals surface area contributed by atoms with Gasteiger partial charge < -0.3 is 5.73 Å². The molecule has 112 valence electrons. The van der Waals surface area contributed by atoms with Gasteiger partial charge in [0.2, 0.25) is 0 Å². The van der Waals surface area contributed by atoms with Crippen LogP contribution in [0.25, 0.3) is 0 Å². The van der Waals surface area contributed by atoms with Crippen molar-refractivity contribution in [3.8, 4) is 0 Å². The lowest BCUT2D eigenvalue weighted by Crippen LogP contribution is -2.56. The lowest BCUT2D eigenvalue weighted by molar-refractivity contribution is 0.0290. The average molecular weight is 266 g/mol. The molecule has 19 heavy (non-hydrogen) atoms. The van der Waals surface area contributed by atoms with Crippen LogP contribution in [-0.4, -0.2) is 30.1 Å². The second-order valence-electron chi connectivity index (χ2n) is 7.26. The van der Waals surface area contributed by atoms with Crippen molar-refractivity contribution >= 4 is 0 Å². The highest BCUT2D eigenvalue weighted by molar-refractivity contribution is 4.96. The van der Waals surface area contributed by atoms with Crippen LogP contribution in [0.4, 0.5) is 0 Å². The highest BCUT2D eigenvalue weighted by Gasteiger charge is 2.39. The zero-order valence-electron chi connectivity index (χ0n) is 13.2. The highest BCUT2D eigenvalue weighted by atomic mass is 15.2. The molecule has 1 heterocycles. The fraction of sp³-hybridized carbons (Fsp3) is 1.00. The van der Waals surface area contributed by atoms with E-state index in [0.717, 1.165) is 18.4 Å². The van der Waals surface area contributed by atoms with Gasteiger partial charge in [0.05, 0.1) is 0 Å². The van der Waals surface area contributed by atoms with Gasteiger partial charge in [0.25, 0.3) is 0 Å². The SMILES string of the molecule is CC(C)C1CCC(CN)(N2CCCCCCC2)CC1. The quantitative estimate of drug-likeness (QED) is 0.842. The van der Waals surface area contributed by atoms with Gasteiger partial charge in [0, 0.05) is 12.1 Å². The molecule has 0 radical (unpaired) electrons. The van der Waals surface area contributed by atoms with E-state index in [-0.39, 0.29) is 0 Å². The monoisotopic (exact) mass is 266 g/mol. The second-order valence-corrected chi connectivity index (χ2v) is 7.26. The molecule has 0 aromatic heterocycles. The third-order valence-electron chi connectivity index (χ3n) is 5.81. The van der Waals surface area contributed by atoms with Gasteiger partial charge in [-0.25, -0.2) is 0 Å². The first-order chi connectivity index (χ1) is 9.18. The van der Waals surface area contributed by atoms with Gasteiger partial charge in [0.1, 0.15) is 0 Å². The number of nitrogens with two attached hydrogens (primary N) is 1. The number of nitrogens with zero attached hydrogens (tertiary/aromatic N) is 1. The van der Waals surface area contributed by atoms with Crippen LogP contribution in [-0.2, 0) is 0 Å². The largest absolute Gasteiger partial charge is 0.329 e. The lowest BCUT2D eigenvalue weighted by Gasteiger charge is -2.49. The Kier molecular flexibility index (Phi) is 5.70. The van der Waals surface area contributed by atoms with Crippen LogP contribution in [0.1, 0.15) is 71.6 Å². The van der Waals surface area contributed by atoms with Crippen molar-refractivity contribution in [2.45, 2.75) is 77.2 Å². The predicted molar refractivity (Wildman–Crippen MR) is 83.2 cm³/mol. The Morgan fingerprint density at radius 1 is 1.00 bits per heavy atom. The van der Waals surface area contributed by atoms with E-state index < -0.39 is 0 Å². The Morgan fingerprint density at radius 3 is 2.00 bits per heavy atom. The fourth-order valence-corrected chi connectivity index (χ4v) is 4.22. The molecule has 2 rings (SSSR count). The van der Waals surface area contributed by atoms with E-state index in [1.807, 2.05) is 0 Å². The Hall–Kier alpha value is -0.0800. The van der Waals surface area contributed by atoms with Gasteiger partial charge >= 0.3 is 0 Å². The van der Waals surface area contributed by atoms with Gasteiger partial charge in [0.15, 0.2) is 0 Å². The smallest absolute Gasteiger partial charge is 0.0331 e. The zero-order chi connectivity index (χ0) is 13.7. The Morgan fingerprint density at radius 2 is 1.53 bits per heavy atom. The third-order valence-corrected chi connectivity index (χ3v) is 5.81. The number of rotatable bonds is 3. The Bertz CT molecular complexity index is 246. The summed E-state index contributed by atoms with van der Waals surface area (Å²) in [6, 6.07) is 0. The molecule has 2 fully saturated rings. The molecule has 2 heteroatoms. The van der Waals surface area contributed by atoms with E-state index in [4.69, 9.17) is 5.73 Å². The lowest BCUT2D eigenvalue weighted by atomic mass is 9.71. The molecule has 0 aromatic rings. The van der Waals surface area contributed by atoms with E-state index in [1.165, 1.54) is 70.9 Å². The van der Waals surface area contributed by atoms with Crippen molar-refractivity contribution < 1.29 is 0 Å². The van der Waals surface area contributed by atoms with Crippen molar-refractivity contribution in [1.29, 1.82) is 0 Å². The van der Waals surface area contributed by atoms with Crippen LogP contribution >= 0.6 is 0 Å². The Labute approximate surface area is 120 Å². The maximum Gasteiger partial charge on any atom is 0.0331 e. The molecule has 1 saturated carbocycles. The summed E-state index contributed by atoms with van der Waals surface area (Å²) < 4.78 is 0. The highest BCUT2D eigenvalue weighted by Crippen LogP contribution is 2.39. The molecule has 0 bridgehead atoms. The molecule has 0 spiro atoms. The van der Waals surface area contributed by atoms with Gasteiger partial charge in [-0.3, -0.25) is 4.90 Å². The van der Waals surface area contributed by atoms with Crippen molar-refractivity contribution in [2.24, 2.45) is 17.6 Å². The van der Waals surface area contributed by atoms with E-state index in [2.05, 4.69) is 18.7 Å². The zero-order valence-corrected chi connectivity index (χ0v) is 13.2. The van der Waals surface area contributed by atoms with Crippen LogP contribution in [0.5, 0.6) is 0 Å². The van der Waals surface area contributed by atoms with Crippen molar-refractivity contribution in [3.05, 3.63) is 0 Å². The summed E-state index contributed by atoms with van der Waals surface area (Å²) in [5.74, 6) is 1.79. The standard InChI is InChI=1S/C17H34N2/c1-15(2)16-8-10-17(14-18,11-9-16)19-12-6-4-3-5-7-13-19/h15-16H,3-14,18H2,1-2H3. The molecule has 1 aliphatic carbocycles. The van der Waals surface area contributed by atoms with Gasteiger partial charge in [-0.2, -0.15) is 0 Å². The molecule has 0 atom stereocenters. The molecule has 0 amide bonds. The normalized spacial score (nSPS) is 35.1. The first kappa shape index (κ1) is 15.3. The maximum absolute atomic E-state index is 6.24. The van der Waals surface area contributed by atoms with Crippen LogP contribution in [0.2, 0.25) is 0 Å². The minimum Gasteiger partial charge on any atom is -0.329 e. The Balaban J connectivity index is 1.97. The summed E-state index contributed by atoms with van der Waals surface area (Å²) in [4.78, 5) is 2.78. The molecule has 2 N–H and O–H groups in total. The summed E-state index contributed by atoms with van der Waals surface area (Å²) in [5, 5.41) is 0. The number of hydrogen-bond donors (Lipinski definition) is 1. The molecule has 0 aromatic carbocycles. The van der Waals surface area contributed by atoms with Crippen LogP contribution in [0, 0.1) is 11.8 Å². The molecule has 2 nitrogen and oxygen atoms in total. The molecular formula is C17H34N2. The molecular weight excluding hydrogens is 232 g/mol. The topological polar surface area (TPSA) is 29.3 Å². The summed E-state index contributed by atoms with van der Waals surface area (Å²) in [6.45, 7) is 8.23. The van der Waals surface area contributed by atoms with Crippen LogP contribution in [0.15, 0.2) is 0 Å². The van der Waals surface area contributed by atoms with E-state index >= 15 is 0 Å². The molecule has 1 saturated heterocycles. The van der Waals surface area contributed by atoms with E-state index in [1.54, 1.807) is 0 Å². The summed E-state index contributed by atoms with van der Waals surface area (Å²) >= 11 is 0. The van der Waals surface area contributed by atoms with Gasteiger partial charge in [-0.1, -0.05) is 33.1 Å². The van der Waals surface area contributed by atoms with Gasteiger partial charge in [-0.15, -0.1) is 0 Å². The minimum atomic E-state index is 0.350. The maximum atomic E-state index is 6.24. The number of hydrogen-bond acceptors (Lipinski definition) is 2. The second kappa shape index (κ2) is 7.08. The minimum absolute atomic E-state index is 0.350. The fourth-order valence-electron chi connectivity index (χ4n) is 4.22. The molecule has 0 unspecified atom stereocenters. The first-order valence-electron chi connectivity index (χ1n) is 8.63. The number of likely N-dealkylation sites (tertiary alicyclic amines) is 1. The predicted octanol–water partition coefficient (Wildman–Crippen LogP) is 3.80. The van der Waals surface area contributed by atoms with Crippen LogP contribution < -0.4 is 5.73 Å². The van der Waals surface area contributed by atoms with Crippen LogP contribution in [0.3, 0.4) is 0 Å². The van der Waals surface area contributed by atoms with Crippen molar-refractivity contribution in [1.82, 2.24) is 4.90 Å². The molecule has 1 aliphatic heterocycles. The molecule has 2 aliphatic rings.